The molecule has 2 aromatic rings. The van der Waals surface area contributed by atoms with Crippen LogP contribution in [0.3, 0.4) is 0 Å². The molecule has 2 fully saturated rings. The van der Waals surface area contributed by atoms with Crippen LogP contribution in [0, 0.1) is 0 Å². The zero-order valence-electron chi connectivity index (χ0n) is 12.0. The number of benzene rings is 1. The Morgan fingerprint density at radius 1 is 1.29 bits per heavy atom. The Labute approximate surface area is 123 Å². The van der Waals surface area contributed by atoms with Gasteiger partial charge >= 0.3 is 0 Å². The van der Waals surface area contributed by atoms with Crippen molar-refractivity contribution in [1.82, 2.24) is 20.2 Å². The highest BCUT2D eigenvalue weighted by atomic mass is 16.1. The van der Waals surface area contributed by atoms with Crippen LogP contribution >= 0.6 is 0 Å². The highest BCUT2D eigenvalue weighted by molar-refractivity contribution is 5.77. The third-order valence-electron chi connectivity index (χ3n) is 4.80. The third-order valence-corrected chi connectivity index (χ3v) is 4.80. The van der Waals surface area contributed by atoms with Crippen LogP contribution in [0.1, 0.15) is 25.1 Å². The second-order valence-electron chi connectivity index (χ2n) is 6.05. The van der Waals surface area contributed by atoms with Crippen molar-refractivity contribution in [2.24, 2.45) is 0 Å². The first-order valence-corrected chi connectivity index (χ1v) is 7.76. The molecule has 2 aliphatic heterocycles. The van der Waals surface area contributed by atoms with E-state index in [0.717, 1.165) is 11.3 Å². The molecule has 110 valence electrons. The zero-order valence-corrected chi connectivity index (χ0v) is 12.0. The average molecular weight is 284 g/mol. The Morgan fingerprint density at radius 3 is 3.14 bits per heavy atom. The zero-order chi connectivity index (χ0) is 14.2. The Balaban J connectivity index is 1.51. The Bertz CT molecular complexity index is 711. The summed E-state index contributed by atoms with van der Waals surface area (Å²) in [6.45, 7) is 3.08. The van der Waals surface area contributed by atoms with Gasteiger partial charge in [0.2, 0.25) is 0 Å². The van der Waals surface area contributed by atoms with Gasteiger partial charge < -0.3 is 10.3 Å². The Hall–Kier alpha value is -1.72. The van der Waals surface area contributed by atoms with E-state index in [2.05, 4.69) is 20.2 Å². The molecule has 0 bridgehead atoms. The average Bonchev–Trinajstić information content (AvgIpc) is 3.09. The van der Waals surface area contributed by atoms with Gasteiger partial charge in [0, 0.05) is 18.6 Å². The maximum Gasteiger partial charge on any atom is 0.258 e. The second kappa shape index (κ2) is 5.24. The number of rotatable bonds is 3. The fourth-order valence-electron chi connectivity index (χ4n) is 3.77. The van der Waals surface area contributed by atoms with E-state index in [1.807, 2.05) is 24.3 Å². The normalized spacial score (nSPS) is 25.5. The molecule has 21 heavy (non-hydrogen) atoms. The summed E-state index contributed by atoms with van der Waals surface area (Å²) in [5.41, 5.74) is 0.721. The standard InChI is InChI=1S/C16H20N4O/c21-16-11-4-1-2-5-12(11)18-15(19-16)10-17-13-7-9-20-8-3-6-14(13)20/h1-2,4-5,13-14,17H,3,6-10H2,(H,18,19,21). The maximum atomic E-state index is 12.0. The molecule has 2 atom stereocenters. The summed E-state index contributed by atoms with van der Waals surface area (Å²) in [7, 11) is 0. The number of fused-ring (bicyclic) bond motifs is 2. The van der Waals surface area contributed by atoms with Crippen LogP contribution in [-0.4, -0.2) is 40.0 Å². The topological polar surface area (TPSA) is 61.0 Å². The van der Waals surface area contributed by atoms with Gasteiger partial charge in [0.05, 0.1) is 17.4 Å². The summed E-state index contributed by atoms with van der Waals surface area (Å²) in [5, 5.41) is 4.24. The van der Waals surface area contributed by atoms with Crippen LogP contribution in [0.5, 0.6) is 0 Å². The molecule has 0 saturated carbocycles. The number of nitrogens with one attached hydrogen (secondary N) is 2. The van der Waals surface area contributed by atoms with Crippen LogP contribution < -0.4 is 10.9 Å². The van der Waals surface area contributed by atoms with Gasteiger partial charge in [0.15, 0.2) is 0 Å². The van der Waals surface area contributed by atoms with Gasteiger partial charge in [-0.15, -0.1) is 0 Å². The first kappa shape index (κ1) is 13.0. The van der Waals surface area contributed by atoms with Crippen LogP contribution in [0.2, 0.25) is 0 Å². The van der Waals surface area contributed by atoms with Gasteiger partial charge in [0.25, 0.3) is 5.56 Å². The first-order chi connectivity index (χ1) is 10.3. The minimum absolute atomic E-state index is 0.0497. The lowest BCUT2D eigenvalue weighted by Crippen LogP contribution is -2.39. The number of para-hydroxylation sites is 1. The van der Waals surface area contributed by atoms with Crippen LogP contribution in [0.4, 0.5) is 0 Å². The Kier molecular flexibility index (Phi) is 3.24. The predicted molar refractivity (Wildman–Crippen MR) is 82.2 cm³/mol. The lowest BCUT2D eigenvalue weighted by Gasteiger charge is -2.21. The maximum absolute atomic E-state index is 12.0. The summed E-state index contributed by atoms with van der Waals surface area (Å²) in [4.78, 5) is 22.1. The fraction of sp³-hybridized carbons (Fsp3) is 0.500. The van der Waals surface area contributed by atoms with Crippen molar-refractivity contribution in [1.29, 1.82) is 0 Å². The van der Waals surface area contributed by atoms with Crippen molar-refractivity contribution in [3.8, 4) is 0 Å². The largest absolute Gasteiger partial charge is 0.309 e. The van der Waals surface area contributed by atoms with Gasteiger partial charge in [-0.05, 0) is 37.9 Å². The highest BCUT2D eigenvalue weighted by Gasteiger charge is 2.36. The molecular formula is C16H20N4O. The molecule has 0 spiro atoms. The van der Waals surface area contributed by atoms with Gasteiger partial charge in [-0.2, -0.15) is 0 Å². The minimum Gasteiger partial charge on any atom is -0.309 e. The number of H-pyrrole nitrogens is 1. The molecule has 1 aromatic heterocycles. The van der Waals surface area contributed by atoms with Gasteiger partial charge in [-0.3, -0.25) is 9.69 Å². The van der Waals surface area contributed by atoms with Crippen molar-refractivity contribution in [2.75, 3.05) is 13.1 Å². The molecule has 0 radical (unpaired) electrons. The fourth-order valence-corrected chi connectivity index (χ4v) is 3.77. The first-order valence-electron chi connectivity index (χ1n) is 7.76. The van der Waals surface area contributed by atoms with E-state index in [4.69, 9.17) is 0 Å². The van der Waals surface area contributed by atoms with Gasteiger partial charge in [-0.1, -0.05) is 12.1 Å². The van der Waals surface area contributed by atoms with Crippen LogP contribution in [0.25, 0.3) is 10.9 Å². The van der Waals surface area contributed by atoms with Crippen molar-refractivity contribution >= 4 is 10.9 Å². The van der Waals surface area contributed by atoms with E-state index in [9.17, 15) is 4.79 Å². The molecule has 2 aliphatic rings. The van der Waals surface area contributed by atoms with Crippen molar-refractivity contribution in [2.45, 2.75) is 37.9 Å². The van der Waals surface area contributed by atoms with E-state index < -0.39 is 0 Å². The van der Waals surface area contributed by atoms with E-state index in [-0.39, 0.29) is 5.56 Å². The van der Waals surface area contributed by atoms with E-state index in [1.54, 1.807) is 0 Å². The molecule has 2 unspecified atom stereocenters. The number of hydrogen-bond donors (Lipinski definition) is 2. The quantitative estimate of drug-likeness (QED) is 0.890. The summed E-state index contributed by atoms with van der Waals surface area (Å²) in [5.74, 6) is 0.732. The van der Waals surface area contributed by atoms with Crippen LogP contribution in [-0.2, 0) is 6.54 Å². The van der Waals surface area contributed by atoms with Gasteiger partial charge in [0.1, 0.15) is 5.82 Å². The molecule has 2 saturated heterocycles. The molecule has 5 heteroatoms. The molecule has 0 amide bonds. The molecular weight excluding hydrogens is 264 g/mol. The molecule has 1 aromatic carbocycles. The molecule has 0 aliphatic carbocycles. The molecule has 3 heterocycles. The van der Waals surface area contributed by atoms with E-state index in [0.29, 0.717) is 24.0 Å². The van der Waals surface area contributed by atoms with Crippen molar-refractivity contribution in [3.05, 3.63) is 40.4 Å². The SMILES string of the molecule is O=c1[nH]c(CNC2CCN3CCCC23)nc2ccccc12. The number of hydrogen-bond acceptors (Lipinski definition) is 4. The monoisotopic (exact) mass is 284 g/mol. The van der Waals surface area contributed by atoms with E-state index in [1.165, 1.54) is 32.4 Å². The third kappa shape index (κ3) is 2.36. The number of nitrogens with zero attached hydrogens (tertiary/aromatic N) is 2. The van der Waals surface area contributed by atoms with Crippen molar-refractivity contribution in [3.63, 3.8) is 0 Å². The minimum atomic E-state index is -0.0497. The highest BCUT2D eigenvalue weighted by Crippen LogP contribution is 2.27. The summed E-state index contributed by atoms with van der Waals surface area (Å²) < 4.78 is 0. The van der Waals surface area contributed by atoms with Gasteiger partial charge in [-0.25, -0.2) is 4.98 Å². The van der Waals surface area contributed by atoms with E-state index >= 15 is 0 Å². The molecule has 2 N–H and O–H groups in total. The summed E-state index contributed by atoms with van der Waals surface area (Å²) >= 11 is 0. The van der Waals surface area contributed by atoms with Crippen LogP contribution in [0.15, 0.2) is 29.1 Å². The molecule has 4 rings (SSSR count). The summed E-state index contributed by atoms with van der Waals surface area (Å²) in [6.07, 6.45) is 3.80. The predicted octanol–water partition coefficient (Wildman–Crippen LogP) is 1.25. The summed E-state index contributed by atoms with van der Waals surface area (Å²) in [6, 6.07) is 8.69. The Morgan fingerprint density at radius 2 is 2.19 bits per heavy atom. The lowest BCUT2D eigenvalue weighted by molar-refractivity contribution is 0.298. The lowest BCUT2D eigenvalue weighted by atomic mass is 10.1. The van der Waals surface area contributed by atoms with Crippen molar-refractivity contribution < 1.29 is 0 Å². The smallest absolute Gasteiger partial charge is 0.258 e. The molecule has 5 nitrogen and oxygen atoms in total. The second-order valence-corrected chi connectivity index (χ2v) is 6.05. The number of aromatic amines is 1. The number of aromatic nitrogens is 2.